The molecular weight excluding hydrogens is 381 g/mol. The van der Waals surface area contributed by atoms with Gasteiger partial charge in [-0.1, -0.05) is 29.8 Å². The zero-order chi connectivity index (χ0) is 19.7. The van der Waals surface area contributed by atoms with Gasteiger partial charge in [-0.15, -0.1) is 0 Å². The fourth-order valence-corrected chi connectivity index (χ4v) is 3.07. The van der Waals surface area contributed by atoms with Gasteiger partial charge in [-0.3, -0.25) is 9.20 Å². The summed E-state index contributed by atoms with van der Waals surface area (Å²) in [7, 11) is 0. The number of anilines is 1. The predicted octanol–water partition coefficient (Wildman–Crippen LogP) is 5.48. The smallest absolute Gasteiger partial charge is 0.274 e. The Balaban J connectivity index is 1.69. The van der Waals surface area contributed by atoms with Crippen LogP contribution in [0.15, 0.2) is 66.9 Å². The fraction of sp³-hybridized carbons (Fsp3) is 0.0476. The minimum atomic E-state index is -0.463. The van der Waals surface area contributed by atoms with E-state index in [1.165, 1.54) is 22.7 Å². The molecule has 28 heavy (non-hydrogen) atoms. The molecule has 0 bridgehead atoms. The molecule has 2 heterocycles. The number of hydrogen-bond donors (Lipinski definition) is 1. The molecule has 4 rings (SSSR count). The molecule has 0 radical (unpaired) electrons. The maximum atomic E-state index is 13.7. The number of hydrogen-bond acceptors (Lipinski definition) is 3. The molecule has 0 spiro atoms. The molecule has 0 aliphatic rings. The lowest BCUT2D eigenvalue weighted by molar-refractivity contribution is 0.102. The second kappa shape index (κ2) is 7.32. The minimum absolute atomic E-state index is 0.236. The quantitative estimate of drug-likeness (QED) is 0.497. The van der Waals surface area contributed by atoms with Gasteiger partial charge in [0, 0.05) is 11.2 Å². The lowest BCUT2D eigenvalue weighted by Gasteiger charge is -2.13. The summed E-state index contributed by atoms with van der Waals surface area (Å²) < 4.78 is 20.9. The number of aryl methyl sites for hydroxylation is 1. The first-order valence-corrected chi connectivity index (χ1v) is 8.87. The van der Waals surface area contributed by atoms with Crippen LogP contribution in [-0.2, 0) is 0 Å². The first-order valence-electron chi connectivity index (χ1n) is 8.49. The van der Waals surface area contributed by atoms with Crippen molar-refractivity contribution in [2.24, 2.45) is 0 Å². The van der Waals surface area contributed by atoms with Crippen molar-refractivity contribution in [3.63, 3.8) is 0 Å². The molecule has 5 nitrogen and oxygen atoms in total. The molecule has 0 aliphatic carbocycles. The van der Waals surface area contributed by atoms with Gasteiger partial charge in [-0.05, 0) is 49.4 Å². The number of benzene rings is 2. The third-order valence-corrected chi connectivity index (χ3v) is 4.37. The van der Waals surface area contributed by atoms with E-state index < -0.39 is 11.7 Å². The summed E-state index contributed by atoms with van der Waals surface area (Å²) >= 11 is 6.10. The van der Waals surface area contributed by atoms with Crippen LogP contribution in [0, 0.1) is 12.7 Å². The van der Waals surface area contributed by atoms with Crippen LogP contribution in [0.4, 0.5) is 10.1 Å². The molecule has 2 aromatic heterocycles. The van der Waals surface area contributed by atoms with Crippen molar-refractivity contribution in [3.05, 3.63) is 89.1 Å². The molecule has 0 unspecified atom stereocenters. The van der Waals surface area contributed by atoms with E-state index in [1.54, 1.807) is 37.3 Å². The molecule has 0 saturated carbocycles. The van der Waals surface area contributed by atoms with Gasteiger partial charge in [0.2, 0.25) is 0 Å². The average Bonchev–Trinajstić information content (AvgIpc) is 3.00. The number of aromatic nitrogens is 2. The highest BCUT2D eigenvalue weighted by atomic mass is 35.5. The molecule has 140 valence electrons. The normalized spacial score (nSPS) is 10.8. The van der Waals surface area contributed by atoms with Crippen LogP contribution in [-0.4, -0.2) is 15.3 Å². The Hall–Kier alpha value is -3.38. The van der Waals surface area contributed by atoms with E-state index in [4.69, 9.17) is 16.3 Å². The number of amides is 1. The van der Waals surface area contributed by atoms with Crippen LogP contribution >= 0.6 is 11.6 Å². The maximum Gasteiger partial charge on any atom is 0.274 e. The highest BCUT2D eigenvalue weighted by molar-refractivity contribution is 6.31. The Morgan fingerprint density at radius 1 is 1.14 bits per heavy atom. The number of fused-ring (bicyclic) bond motifs is 1. The number of carbonyl (C=O) groups is 1. The number of nitrogens with one attached hydrogen (secondary N) is 1. The molecule has 1 amide bonds. The van der Waals surface area contributed by atoms with Crippen molar-refractivity contribution in [2.75, 3.05) is 5.32 Å². The fourth-order valence-electron chi connectivity index (χ4n) is 2.90. The Kier molecular flexibility index (Phi) is 4.71. The first-order chi connectivity index (χ1) is 13.5. The summed E-state index contributed by atoms with van der Waals surface area (Å²) in [4.78, 5) is 17.2. The summed E-state index contributed by atoms with van der Waals surface area (Å²) in [5, 5.41) is 3.24. The minimum Gasteiger partial charge on any atom is -0.455 e. The second-order valence-corrected chi connectivity index (χ2v) is 6.57. The number of nitrogens with zero attached hydrogens (tertiary/aromatic N) is 2. The van der Waals surface area contributed by atoms with Crippen LogP contribution in [0.1, 0.15) is 16.2 Å². The van der Waals surface area contributed by atoms with Gasteiger partial charge < -0.3 is 10.1 Å². The zero-order valence-electron chi connectivity index (χ0n) is 14.8. The molecule has 0 saturated heterocycles. The molecule has 1 N–H and O–H groups in total. The van der Waals surface area contributed by atoms with E-state index >= 15 is 0 Å². The van der Waals surface area contributed by atoms with Crippen molar-refractivity contribution in [1.29, 1.82) is 0 Å². The largest absolute Gasteiger partial charge is 0.455 e. The maximum absolute atomic E-state index is 13.7. The van der Waals surface area contributed by atoms with E-state index in [-0.39, 0.29) is 5.69 Å². The number of carbonyl (C=O) groups excluding carboxylic acids is 1. The SMILES string of the molecule is Cc1nc2ccc(F)cn2c1C(=O)Nc1cc(Cl)ccc1Oc1ccccc1. The van der Waals surface area contributed by atoms with E-state index in [9.17, 15) is 9.18 Å². The van der Waals surface area contributed by atoms with Crippen molar-refractivity contribution < 1.29 is 13.9 Å². The van der Waals surface area contributed by atoms with E-state index in [0.29, 0.717) is 33.6 Å². The summed E-state index contributed by atoms with van der Waals surface area (Å²) in [6.07, 6.45) is 1.23. The highest BCUT2D eigenvalue weighted by Gasteiger charge is 2.19. The number of pyridine rings is 1. The molecular formula is C21H15ClFN3O2. The Bertz CT molecular complexity index is 1180. The van der Waals surface area contributed by atoms with Crippen LogP contribution < -0.4 is 10.1 Å². The van der Waals surface area contributed by atoms with E-state index in [1.807, 2.05) is 18.2 Å². The standard InChI is InChI=1S/C21H15ClFN3O2/c1-13-20(26-12-15(23)8-10-19(26)24-13)21(27)25-17-11-14(22)7-9-18(17)28-16-5-3-2-4-6-16/h2-12H,1H3,(H,25,27). The van der Waals surface area contributed by atoms with Gasteiger partial charge >= 0.3 is 0 Å². The van der Waals surface area contributed by atoms with Crippen LogP contribution in [0.2, 0.25) is 5.02 Å². The zero-order valence-corrected chi connectivity index (χ0v) is 15.6. The van der Waals surface area contributed by atoms with E-state index in [2.05, 4.69) is 10.3 Å². The van der Waals surface area contributed by atoms with Crippen molar-refractivity contribution in [1.82, 2.24) is 9.38 Å². The third kappa shape index (κ3) is 3.54. The molecule has 0 atom stereocenters. The number of halogens is 2. The third-order valence-electron chi connectivity index (χ3n) is 4.13. The summed E-state index contributed by atoms with van der Waals surface area (Å²) in [6.45, 7) is 1.69. The van der Waals surface area contributed by atoms with Crippen LogP contribution in [0.5, 0.6) is 11.5 Å². The number of para-hydroxylation sites is 1. The monoisotopic (exact) mass is 395 g/mol. The molecule has 7 heteroatoms. The Labute approximate surface area is 165 Å². The predicted molar refractivity (Wildman–Crippen MR) is 106 cm³/mol. The number of rotatable bonds is 4. The number of imidazole rings is 1. The van der Waals surface area contributed by atoms with Crippen LogP contribution in [0.25, 0.3) is 5.65 Å². The van der Waals surface area contributed by atoms with Gasteiger partial charge in [0.1, 0.15) is 22.9 Å². The van der Waals surface area contributed by atoms with Crippen molar-refractivity contribution >= 4 is 28.8 Å². The van der Waals surface area contributed by atoms with Crippen molar-refractivity contribution in [2.45, 2.75) is 6.92 Å². The lowest BCUT2D eigenvalue weighted by atomic mass is 10.2. The van der Waals surface area contributed by atoms with Crippen molar-refractivity contribution in [3.8, 4) is 11.5 Å². The summed E-state index contributed by atoms with van der Waals surface area (Å²) in [5.41, 5.74) is 1.60. The molecule has 4 aromatic rings. The van der Waals surface area contributed by atoms with Gasteiger partial charge in [0.15, 0.2) is 5.75 Å². The number of ether oxygens (including phenoxy) is 1. The van der Waals surface area contributed by atoms with E-state index in [0.717, 1.165) is 0 Å². The Morgan fingerprint density at radius 2 is 1.93 bits per heavy atom. The van der Waals surface area contributed by atoms with Gasteiger partial charge in [-0.2, -0.15) is 0 Å². The van der Waals surface area contributed by atoms with Gasteiger partial charge in [0.05, 0.1) is 11.4 Å². The average molecular weight is 396 g/mol. The summed E-state index contributed by atoms with van der Waals surface area (Å²) in [5.74, 6) is 0.139. The first kappa shape index (κ1) is 18.0. The van der Waals surface area contributed by atoms with Gasteiger partial charge in [-0.25, -0.2) is 9.37 Å². The molecule has 2 aromatic carbocycles. The Morgan fingerprint density at radius 3 is 2.71 bits per heavy atom. The highest BCUT2D eigenvalue weighted by Crippen LogP contribution is 2.32. The second-order valence-electron chi connectivity index (χ2n) is 6.13. The molecule has 0 aliphatic heterocycles. The topological polar surface area (TPSA) is 55.6 Å². The lowest BCUT2D eigenvalue weighted by Crippen LogP contribution is -2.16. The van der Waals surface area contributed by atoms with Crippen LogP contribution in [0.3, 0.4) is 0 Å². The molecule has 0 fully saturated rings. The summed E-state index contributed by atoms with van der Waals surface area (Å²) in [6, 6.07) is 16.9. The van der Waals surface area contributed by atoms with Gasteiger partial charge in [0.25, 0.3) is 5.91 Å².